The molecular formula is C21H21N3S. The maximum atomic E-state index is 6.33. The number of benzene rings is 2. The quantitative estimate of drug-likeness (QED) is 0.641. The summed E-state index contributed by atoms with van der Waals surface area (Å²) in [5.41, 5.74) is 4.82. The Hall–Kier alpha value is -2.30. The molecule has 1 saturated carbocycles. The number of nitrogens with two attached hydrogens (primary N) is 1. The van der Waals surface area contributed by atoms with Gasteiger partial charge in [-0.05, 0) is 54.3 Å². The Bertz CT molecular complexity index is 827. The van der Waals surface area contributed by atoms with Crippen molar-refractivity contribution in [1.82, 2.24) is 5.01 Å². The number of hydrogen-bond acceptors (Lipinski definition) is 2. The highest BCUT2D eigenvalue weighted by molar-refractivity contribution is 7.80. The van der Waals surface area contributed by atoms with E-state index in [-0.39, 0.29) is 12.0 Å². The predicted molar refractivity (Wildman–Crippen MR) is 107 cm³/mol. The van der Waals surface area contributed by atoms with E-state index in [0.29, 0.717) is 5.11 Å². The van der Waals surface area contributed by atoms with Crippen molar-refractivity contribution in [3.63, 3.8) is 0 Å². The lowest BCUT2D eigenvalue weighted by atomic mass is 9.75. The molecular weight excluding hydrogens is 326 g/mol. The van der Waals surface area contributed by atoms with Crippen LogP contribution in [-0.2, 0) is 0 Å². The third-order valence-corrected chi connectivity index (χ3v) is 5.34. The summed E-state index contributed by atoms with van der Waals surface area (Å²) in [5.74, 6) is 6.61. The number of aliphatic imine (C=N–C) groups is 1. The van der Waals surface area contributed by atoms with Crippen molar-refractivity contribution in [2.24, 2.45) is 16.8 Å². The molecule has 1 heterocycles. The Labute approximate surface area is 153 Å². The molecule has 1 fully saturated rings. The SMILES string of the molecule is NN1C(=S)N=C2/C(=C/c3ccccc3)CCC[C@H]2[C@H]1c1ccccc1. The molecule has 0 spiro atoms. The second kappa shape index (κ2) is 6.90. The summed E-state index contributed by atoms with van der Waals surface area (Å²) in [6, 6.07) is 20.9. The zero-order valence-corrected chi connectivity index (χ0v) is 14.8. The molecule has 0 saturated heterocycles. The zero-order chi connectivity index (χ0) is 17.2. The lowest BCUT2D eigenvalue weighted by Gasteiger charge is -2.42. The van der Waals surface area contributed by atoms with Crippen LogP contribution >= 0.6 is 12.2 Å². The van der Waals surface area contributed by atoms with E-state index in [1.807, 2.05) is 12.1 Å². The molecule has 4 heteroatoms. The van der Waals surface area contributed by atoms with Gasteiger partial charge in [0.1, 0.15) is 0 Å². The van der Waals surface area contributed by atoms with Gasteiger partial charge in [0, 0.05) is 5.92 Å². The maximum Gasteiger partial charge on any atom is 0.210 e. The van der Waals surface area contributed by atoms with Crippen LogP contribution in [0.5, 0.6) is 0 Å². The van der Waals surface area contributed by atoms with E-state index >= 15 is 0 Å². The Balaban J connectivity index is 1.76. The van der Waals surface area contributed by atoms with Crippen molar-refractivity contribution in [3.8, 4) is 0 Å². The smallest absolute Gasteiger partial charge is 0.210 e. The molecule has 0 radical (unpaired) electrons. The van der Waals surface area contributed by atoms with E-state index in [1.165, 1.54) is 16.7 Å². The molecule has 3 nitrogen and oxygen atoms in total. The van der Waals surface area contributed by atoms with Crippen LogP contribution in [0.15, 0.2) is 71.2 Å². The van der Waals surface area contributed by atoms with Crippen LogP contribution in [0.1, 0.15) is 36.4 Å². The average Bonchev–Trinajstić information content (AvgIpc) is 2.65. The molecule has 1 aliphatic carbocycles. The van der Waals surface area contributed by atoms with E-state index in [1.54, 1.807) is 5.01 Å². The largest absolute Gasteiger partial charge is 0.277 e. The molecule has 25 heavy (non-hydrogen) atoms. The fourth-order valence-electron chi connectivity index (χ4n) is 3.89. The first-order chi connectivity index (χ1) is 12.2. The van der Waals surface area contributed by atoms with Gasteiger partial charge in [-0.15, -0.1) is 0 Å². The normalized spacial score (nSPS) is 24.8. The first-order valence-electron chi connectivity index (χ1n) is 8.71. The molecule has 2 N–H and O–H groups in total. The highest BCUT2D eigenvalue weighted by atomic mass is 32.1. The molecule has 2 atom stereocenters. The first kappa shape index (κ1) is 16.2. The number of thiocarbonyl (C=S) groups is 1. The van der Waals surface area contributed by atoms with Gasteiger partial charge >= 0.3 is 0 Å². The fourth-order valence-corrected chi connectivity index (χ4v) is 4.10. The standard InChI is InChI=1S/C21H21N3S/c22-24-20(16-10-5-2-6-11-16)18-13-7-12-17(19(18)23-21(24)25)14-15-8-3-1-4-9-15/h1-6,8-11,14,18,20H,7,12-13,22H2/b17-14+/t18-,20-/m1/s1. The third-order valence-electron chi connectivity index (χ3n) is 5.04. The number of nitrogens with zero attached hydrogens (tertiary/aromatic N) is 2. The molecule has 0 amide bonds. The second-order valence-electron chi connectivity index (χ2n) is 6.62. The lowest BCUT2D eigenvalue weighted by Crippen LogP contribution is -2.49. The molecule has 0 unspecified atom stereocenters. The highest BCUT2D eigenvalue weighted by Gasteiger charge is 2.39. The van der Waals surface area contributed by atoms with Crippen LogP contribution in [0.25, 0.3) is 6.08 Å². The van der Waals surface area contributed by atoms with Crippen molar-refractivity contribution in [2.45, 2.75) is 25.3 Å². The third kappa shape index (κ3) is 3.15. The number of fused-ring (bicyclic) bond motifs is 1. The van der Waals surface area contributed by atoms with Crippen molar-refractivity contribution < 1.29 is 0 Å². The van der Waals surface area contributed by atoms with E-state index in [2.05, 4.69) is 54.6 Å². The van der Waals surface area contributed by atoms with Crippen LogP contribution in [0, 0.1) is 5.92 Å². The number of allylic oxidation sites excluding steroid dienone is 1. The van der Waals surface area contributed by atoms with Crippen LogP contribution < -0.4 is 5.84 Å². The van der Waals surface area contributed by atoms with Crippen LogP contribution in [0.3, 0.4) is 0 Å². The summed E-state index contributed by atoms with van der Waals surface area (Å²) in [6.45, 7) is 0. The van der Waals surface area contributed by atoms with Gasteiger partial charge in [0.2, 0.25) is 5.11 Å². The summed E-state index contributed by atoms with van der Waals surface area (Å²) in [5, 5.41) is 2.14. The summed E-state index contributed by atoms with van der Waals surface area (Å²) in [6.07, 6.45) is 5.52. The fraction of sp³-hybridized carbons (Fsp3) is 0.238. The van der Waals surface area contributed by atoms with Gasteiger partial charge in [-0.2, -0.15) is 0 Å². The summed E-state index contributed by atoms with van der Waals surface area (Å²) in [4.78, 5) is 4.72. The van der Waals surface area contributed by atoms with Gasteiger partial charge in [0.05, 0.1) is 11.8 Å². The summed E-state index contributed by atoms with van der Waals surface area (Å²) >= 11 is 5.48. The van der Waals surface area contributed by atoms with Gasteiger partial charge in [-0.1, -0.05) is 60.7 Å². The van der Waals surface area contributed by atoms with Crippen molar-refractivity contribution in [2.75, 3.05) is 0 Å². The van der Waals surface area contributed by atoms with Gasteiger partial charge < -0.3 is 0 Å². The maximum absolute atomic E-state index is 6.33. The van der Waals surface area contributed by atoms with E-state index in [9.17, 15) is 0 Å². The van der Waals surface area contributed by atoms with Crippen LogP contribution in [-0.4, -0.2) is 15.8 Å². The van der Waals surface area contributed by atoms with Crippen LogP contribution in [0.2, 0.25) is 0 Å². The minimum absolute atomic E-state index is 0.0562. The summed E-state index contributed by atoms with van der Waals surface area (Å²) in [7, 11) is 0. The van der Waals surface area contributed by atoms with Gasteiger partial charge in [0.15, 0.2) is 0 Å². The molecule has 2 aromatic rings. The second-order valence-corrected chi connectivity index (χ2v) is 6.99. The van der Waals surface area contributed by atoms with Crippen molar-refractivity contribution >= 4 is 29.1 Å². The minimum Gasteiger partial charge on any atom is -0.277 e. The monoisotopic (exact) mass is 347 g/mol. The molecule has 4 rings (SSSR count). The molecule has 126 valence electrons. The molecule has 2 aromatic carbocycles. The zero-order valence-electron chi connectivity index (χ0n) is 14.0. The molecule has 0 bridgehead atoms. The van der Waals surface area contributed by atoms with E-state index < -0.39 is 0 Å². The van der Waals surface area contributed by atoms with E-state index in [0.717, 1.165) is 25.0 Å². The summed E-state index contributed by atoms with van der Waals surface area (Å²) < 4.78 is 0. The van der Waals surface area contributed by atoms with Gasteiger partial charge in [-0.3, -0.25) is 5.01 Å². The number of rotatable bonds is 2. The Morgan fingerprint density at radius 1 is 1.04 bits per heavy atom. The topological polar surface area (TPSA) is 41.6 Å². The Kier molecular flexibility index (Phi) is 4.47. The first-order valence-corrected chi connectivity index (χ1v) is 9.12. The molecule has 2 aliphatic rings. The average molecular weight is 347 g/mol. The highest BCUT2D eigenvalue weighted by Crippen LogP contribution is 2.41. The minimum atomic E-state index is 0.0562. The Morgan fingerprint density at radius 2 is 1.72 bits per heavy atom. The van der Waals surface area contributed by atoms with E-state index in [4.69, 9.17) is 23.1 Å². The van der Waals surface area contributed by atoms with Crippen molar-refractivity contribution in [1.29, 1.82) is 0 Å². The Morgan fingerprint density at radius 3 is 2.44 bits per heavy atom. The van der Waals surface area contributed by atoms with Crippen LogP contribution in [0.4, 0.5) is 0 Å². The number of hydrazine groups is 1. The van der Waals surface area contributed by atoms with Gasteiger partial charge in [-0.25, -0.2) is 10.8 Å². The molecule has 0 aromatic heterocycles. The predicted octanol–water partition coefficient (Wildman–Crippen LogP) is 4.53. The lowest BCUT2D eigenvalue weighted by molar-refractivity contribution is 0.253. The molecule has 1 aliphatic heterocycles. The van der Waals surface area contributed by atoms with Crippen molar-refractivity contribution in [3.05, 3.63) is 77.4 Å². The number of hydrogen-bond donors (Lipinski definition) is 1. The van der Waals surface area contributed by atoms with Gasteiger partial charge in [0.25, 0.3) is 0 Å².